The van der Waals surface area contributed by atoms with Gasteiger partial charge in [-0.3, -0.25) is 4.79 Å². The fourth-order valence-electron chi connectivity index (χ4n) is 2.96. The Morgan fingerprint density at radius 1 is 1.26 bits per heavy atom. The second kappa shape index (κ2) is 6.32. The van der Waals surface area contributed by atoms with E-state index in [1.54, 1.807) is 11.0 Å². The highest BCUT2D eigenvalue weighted by Gasteiger charge is 2.25. The van der Waals surface area contributed by atoms with E-state index in [0.717, 1.165) is 35.3 Å². The van der Waals surface area contributed by atoms with Gasteiger partial charge in [-0.25, -0.2) is 0 Å². The van der Waals surface area contributed by atoms with Crippen LogP contribution in [0.5, 0.6) is 11.5 Å². The number of phenolic OH excluding ortho intramolecular Hbond substituents is 1. The number of phenols is 1. The van der Waals surface area contributed by atoms with Crippen LogP contribution in [0.15, 0.2) is 36.4 Å². The second-order valence-electron chi connectivity index (χ2n) is 5.99. The van der Waals surface area contributed by atoms with Crippen molar-refractivity contribution in [3.05, 3.63) is 53.1 Å². The highest BCUT2D eigenvalue weighted by Crippen LogP contribution is 2.35. The third-order valence-corrected chi connectivity index (χ3v) is 4.19. The predicted octanol–water partition coefficient (Wildman–Crippen LogP) is 3.37. The molecule has 1 heterocycles. The van der Waals surface area contributed by atoms with Gasteiger partial charge in [0.2, 0.25) is 0 Å². The molecule has 120 valence electrons. The van der Waals surface area contributed by atoms with Crippen molar-refractivity contribution in [3.63, 3.8) is 0 Å². The zero-order valence-corrected chi connectivity index (χ0v) is 13.5. The first-order valence-corrected chi connectivity index (χ1v) is 7.87. The summed E-state index contributed by atoms with van der Waals surface area (Å²) in [6, 6.07) is 11.3. The van der Waals surface area contributed by atoms with E-state index in [4.69, 9.17) is 4.74 Å². The first kappa shape index (κ1) is 15.4. The van der Waals surface area contributed by atoms with Crippen molar-refractivity contribution in [1.29, 1.82) is 0 Å². The van der Waals surface area contributed by atoms with Crippen LogP contribution in [0.2, 0.25) is 0 Å². The number of anilines is 1. The molecule has 0 unspecified atom stereocenters. The van der Waals surface area contributed by atoms with Crippen molar-refractivity contribution in [2.75, 3.05) is 18.1 Å². The molecule has 4 heteroatoms. The zero-order chi connectivity index (χ0) is 16.4. The second-order valence-corrected chi connectivity index (χ2v) is 5.99. The maximum atomic E-state index is 12.6. The number of hydrogen-bond donors (Lipinski definition) is 1. The molecule has 2 aromatic carbocycles. The monoisotopic (exact) mass is 311 g/mol. The summed E-state index contributed by atoms with van der Waals surface area (Å²) in [5.41, 5.74) is 3.74. The molecule has 0 atom stereocenters. The average molecular weight is 311 g/mol. The van der Waals surface area contributed by atoms with E-state index in [2.05, 4.69) is 0 Å². The normalized spacial score (nSPS) is 13.6. The quantitative estimate of drug-likeness (QED) is 0.945. The smallest absolute Gasteiger partial charge is 0.265 e. The maximum Gasteiger partial charge on any atom is 0.265 e. The van der Waals surface area contributed by atoms with Crippen LogP contribution < -0.4 is 9.64 Å². The van der Waals surface area contributed by atoms with Crippen molar-refractivity contribution >= 4 is 11.6 Å². The number of amides is 1. The van der Waals surface area contributed by atoms with Gasteiger partial charge in [0.15, 0.2) is 6.61 Å². The summed E-state index contributed by atoms with van der Waals surface area (Å²) in [5, 5.41) is 10.1. The number of para-hydroxylation sites is 1. The molecule has 23 heavy (non-hydrogen) atoms. The number of aryl methyl sites for hydroxylation is 3. The Labute approximate surface area is 136 Å². The van der Waals surface area contributed by atoms with Crippen molar-refractivity contribution in [2.24, 2.45) is 0 Å². The molecule has 1 N–H and O–H groups in total. The predicted molar refractivity (Wildman–Crippen MR) is 90.2 cm³/mol. The van der Waals surface area contributed by atoms with Gasteiger partial charge < -0.3 is 14.7 Å². The summed E-state index contributed by atoms with van der Waals surface area (Å²) in [6.07, 6.45) is 1.77. The molecule has 1 aliphatic rings. The molecule has 2 aromatic rings. The van der Waals surface area contributed by atoms with E-state index >= 15 is 0 Å². The van der Waals surface area contributed by atoms with Gasteiger partial charge in [-0.2, -0.15) is 0 Å². The molecule has 0 fully saturated rings. The van der Waals surface area contributed by atoms with Crippen molar-refractivity contribution < 1.29 is 14.6 Å². The summed E-state index contributed by atoms with van der Waals surface area (Å²) in [5.74, 6) is 0.753. The van der Waals surface area contributed by atoms with Gasteiger partial charge in [0.1, 0.15) is 11.5 Å². The van der Waals surface area contributed by atoms with E-state index < -0.39 is 0 Å². The molecule has 0 radical (unpaired) electrons. The first-order valence-electron chi connectivity index (χ1n) is 7.87. The van der Waals surface area contributed by atoms with Crippen LogP contribution in [0, 0.1) is 13.8 Å². The Morgan fingerprint density at radius 2 is 2.09 bits per heavy atom. The van der Waals surface area contributed by atoms with Gasteiger partial charge in [-0.05, 0) is 55.5 Å². The van der Waals surface area contributed by atoms with Gasteiger partial charge >= 0.3 is 0 Å². The molecule has 1 aliphatic heterocycles. The van der Waals surface area contributed by atoms with Gasteiger partial charge in [0, 0.05) is 6.54 Å². The number of rotatable bonds is 3. The summed E-state index contributed by atoms with van der Waals surface area (Å²) >= 11 is 0. The number of nitrogens with zero attached hydrogens (tertiary/aromatic N) is 1. The van der Waals surface area contributed by atoms with Gasteiger partial charge in [-0.15, -0.1) is 0 Å². The van der Waals surface area contributed by atoms with Crippen molar-refractivity contribution in [2.45, 2.75) is 26.7 Å². The Hall–Kier alpha value is -2.49. The number of fused-ring (bicyclic) bond motifs is 1. The van der Waals surface area contributed by atoms with E-state index in [1.165, 1.54) is 0 Å². The fraction of sp³-hybridized carbons (Fsp3) is 0.316. The van der Waals surface area contributed by atoms with E-state index in [-0.39, 0.29) is 18.3 Å². The molecule has 0 saturated heterocycles. The summed E-state index contributed by atoms with van der Waals surface area (Å²) < 4.78 is 5.71. The van der Waals surface area contributed by atoms with Gasteiger partial charge in [-0.1, -0.05) is 24.3 Å². The first-order chi connectivity index (χ1) is 11.1. The van der Waals surface area contributed by atoms with Crippen LogP contribution >= 0.6 is 0 Å². The lowest BCUT2D eigenvalue weighted by Crippen LogP contribution is -2.38. The third kappa shape index (κ3) is 3.16. The van der Waals surface area contributed by atoms with E-state index in [9.17, 15) is 9.90 Å². The molecule has 0 saturated carbocycles. The molecule has 0 aromatic heterocycles. The lowest BCUT2D eigenvalue weighted by Gasteiger charge is -2.30. The molecule has 0 bridgehead atoms. The molecular formula is C19H21NO3. The van der Waals surface area contributed by atoms with Crippen LogP contribution in [0.3, 0.4) is 0 Å². The number of benzene rings is 2. The molecule has 0 aliphatic carbocycles. The Balaban J connectivity index is 1.76. The number of hydrogen-bond acceptors (Lipinski definition) is 3. The summed E-state index contributed by atoms with van der Waals surface area (Å²) in [7, 11) is 0. The molecule has 0 spiro atoms. The Kier molecular flexibility index (Phi) is 4.24. The van der Waals surface area contributed by atoms with E-state index in [0.29, 0.717) is 12.2 Å². The Morgan fingerprint density at radius 3 is 2.91 bits per heavy atom. The van der Waals surface area contributed by atoms with Crippen LogP contribution in [-0.4, -0.2) is 24.2 Å². The van der Waals surface area contributed by atoms with Crippen LogP contribution in [0.1, 0.15) is 23.1 Å². The topological polar surface area (TPSA) is 49.8 Å². The highest BCUT2D eigenvalue weighted by atomic mass is 16.5. The minimum atomic E-state index is -0.131. The average Bonchev–Trinajstić information content (AvgIpc) is 2.55. The molecule has 1 amide bonds. The number of carbonyl (C=O) groups excluding carboxylic acids is 1. The third-order valence-electron chi connectivity index (χ3n) is 4.19. The zero-order valence-electron chi connectivity index (χ0n) is 13.5. The SMILES string of the molecule is Cc1ccc(C)c(OCC(=O)N2CCCc3cccc(O)c32)c1. The molecule has 4 nitrogen and oxygen atoms in total. The lowest BCUT2D eigenvalue weighted by molar-refractivity contribution is -0.120. The largest absolute Gasteiger partial charge is 0.506 e. The lowest BCUT2D eigenvalue weighted by atomic mass is 10.0. The number of carbonyl (C=O) groups is 1. The van der Waals surface area contributed by atoms with Crippen LogP contribution in [0.4, 0.5) is 5.69 Å². The van der Waals surface area contributed by atoms with Crippen molar-refractivity contribution in [3.8, 4) is 11.5 Å². The highest BCUT2D eigenvalue weighted by molar-refractivity contribution is 5.97. The van der Waals surface area contributed by atoms with Crippen molar-refractivity contribution in [1.82, 2.24) is 0 Å². The minimum absolute atomic E-state index is 0.0297. The summed E-state index contributed by atoms with van der Waals surface area (Å²) in [4.78, 5) is 14.2. The van der Waals surface area contributed by atoms with Crippen LogP contribution in [0.25, 0.3) is 0 Å². The standard InChI is InChI=1S/C19H21NO3/c1-13-8-9-14(2)17(11-13)23-12-18(22)20-10-4-6-15-5-3-7-16(21)19(15)20/h3,5,7-9,11,21H,4,6,10,12H2,1-2H3. The van der Waals surface area contributed by atoms with Gasteiger partial charge in [0.05, 0.1) is 5.69 Å². The van der Waals surface area contributed by atoms with E-state index in [1.807, 2.05) is 44.2 Å². The van der Waals surface area contributed by atoms with Gasteiger partial charge in [0.25, 0.3) is 5.91 Å². The fourth-order valence-corrected chi connectivity index (χ4v) is 2.96. The minimum Gasteiger partial charge on any atom is -0.506 e. The molecular weight excluding hydrogens is 290 g/mol. The number of ether oxygens (including phenoxy) is 1. The number of aromatic hydroxyl groups is 1. The Bertz CT molecular complexity index is 739. The summed E-state index contributed by atoms with van der Waals surface area (Å²) in [6.45, 7) is 4.53. The van der Waals surface area contributed by atoms with Crippen LogP contribution in [-0.2, 0) is 11.2 Å². The molecule has 3 rings (SSSR count). The maximum absolute atomic E-state index is 12.6.